The molecule has 2 N–H and O–H groups in total. The monoisotopic (exact) mass is 342 g/mol. The SMILES string of the molecule is Cc1ccc(C(C)NC(=O)CC(C)C2CCCNC2)cc1F.Cl. The molecule has 0 spiro atoms. The molecule has 5 heteroatoms. The summed E-state index contributed by atoms with van der Waals surface area (Å²) in [5.74, 6) is 0.771. The van der Waals surface area contributed by atoms with Gasteiger partial charge in [0.05, 0.1) is 6.04 Å². The fourth-order valence-electron chi connectivity index (χ4n) is 3.09. The van der Waals surface area contributed by atoms with E-state index in [4.69, 9.17) is 0 Å². The number of aryl methyl sites for hydroxylation is 1. The first kappa shape index (κ1) is 19.9. The topological polar surface area (TPSA) is 41.1 Å². The van der Waals surface area contributed by atoms with Gasteiger partial charge in [-0.15, -0.1) is 12.4 Å². The number of halogens is 2. The molecular weight excluding hydrogens is 315 g/mol. The molecule has 3 nitrogen and oxygen atoms in total. The van der Waals surface area contributed by atoms with Crippen molar-refractivity contribution in [2.24, 2.45) is 11.8 Å². The molecule has 0 bridgehead atoms. The van der Waals surface area contributed by atoms with Gasteiger partial charge in [0.25, 0.3) is 0 Å². The summed E-state index contributed by atoms with van der Waals surface area (Å²) in [4.78, 5) is 12.2. The maximum Gasteiger partial charge on any atom is 0.220 e. The van der Waals surface area contributed by atoms with E-state index in [0.717, 1.165) is 18.7 Å². The van der Waals surface area contributed by atoms with E-state index in [-0.39, 0.29) is 30.2 Å². The van der Waals surface area contributed by atoms with Crippen LogP contribution in [0.2, 0.25) is 0 Å². The third-order valence-electron chi connectivity index (χ3n) is 4.72. The Kier molecular flexibility index (Phi) is 8.00. The van der Waals surface area contributed by atoms with Gasteiger partial charge < -0.3 is 10.6 Å². The number of hydrogen-bond acceptors (Lipinski definition) is 2. The molecule has 2 rings (SSSR count). The smallest absolute Gasteiger partial charge is 0.220 e. The predicted octanol–water partition coefficient (Wildman–Crippen LogP) is 3.76. The van der Waals surface area contributed by atoms with E-state index in [0.29, 0.717) is 23.8 Å². The summed E-state index contributed by atoms with van der Waals surface area (Å²) in [6.07, 6.45) is 2.92. The molecule has 130 valence electrons. The van der Waals surface area contributed by atoms with E-state index in [9.17, 15) is 9.18 Å². The highest BCUT2D eigenvalue weighted by molar-refractivity contribution is 5.85. The Balaban J connectivity index is 0.00000264. The number of nitrogens with one attached hydrogen (secondary N) is 2. The molecule has 1 amide bonds. The second kappa shape index (κ2) is 9.24. The Hall–Kier alpha value is -1.13. The highest BCUT2D eigenvalue weighted by atomic mass is 35.5. The van der Waals surface area contributed by atoms with Crippen molar-refractivity contribution in [3.8, 4) is 0 Å². The van der Waals surface area contributed by atoms with Gasteiger partial charge in [-0.3, -0.25) is 4.79 Å². The summed E-state index contributed by atoms with van der Waals surface area (Å²) in [6.45, 7) is 7.88. The van der Waals surface area contributed by atoms with Crippen LogP contribution in [0.25, 0.3) is 0 Å². The zero-order valence-corrected chi connectivity index (χ0v) is 15.0. The maximum atomic E-state index is 13.6. The predicted molar refractivity (Wildman–Crippen MR) is 94.3 cm³/mol. The van der Waals surface area contributed by atoms with Crippen LogP contribution >= 0.6 is 12.4 Å². The first-order valence-electron chi connectivity index (χ1n) is 8.23. The normalized spacial score (nSPS) is 20.3. The van der Waals surface area contributed by atoms with E-state index in [1.165, 1.54) is 18.9 Å². The van der Waals surface area contributed by atoms with Crippen molar-refractivity contribution in [1.29, 1.82) is 0 Å². The standard InChI is InChI=1S/C18H27FN2O.ClH/c1-12-6-7-15(10-17(12)19)14(3)21-18(22)9-13(2)16-5-4-8-20-11-16;/h6-7,10,13-14,16,20H,4-5,8-9,11H2,1-3H3,(H,21,22);1H. The van der Waals surface area contributed by atoms with E-state index >= 15 is 0 Å². The Labute approximate surface area is 144 Å². The lowest BCUT2D eigenvalue weighted by atomic mass is 9.85. The van der Waals surface area contributed by atoms with Crippen LogP contribution in [-0.2, 0) is 4.79 Å². The van der Waals surface area contributed by atoms with Gasteiger partial charge in [-0.05, 0) is 68.8 Å². The van der Waals surface area contributed by atoms with Crippen LogP contribution in [0.4, 0.5) is 4.39 Å². The highest BCUT2D eigenvalue weighted by Gasteiger charge is 2.22. The lowest BCUT2D eigenvalue weighted by Gasteiger charge is -2.28. The van der Waals surface area contributed by atoms with E-state index < -0.39 is 0 Å². The van der Waals surface area contributed by atoms with Gasteiger partial charge in [0.15, 0.2) is 0 Å². The van der Waals surface area contributed by atoms with Crippen LogP contribution in [0.5, 0.6) is 0 Å². The van der Waals surface area contributed by atoms with Crippen LogP contribution in [0, 0.1) is 24.6 Å². The summed E-state index contributed by atoms with van der Waals surface area (Å²) >= 11 is 0. The highest BCUT2D eigenvalue weighted by Crippen LogP contribution is 2.23. The summed E-state index contributed by atoms with van der Waals surface area (Å²) in [5.41, 5.74) is 1.43. The minimum atomic E-state index is -0.222. The van der Waals surface area contributed by atoms with Crippen LogP contribution < -0.4 is 10.6 Å². The molecule has 1 aromatic carbocycles. The van der Waals surface area contributed by atoms with E-state index in [1.54, 1.807) is 13.0 Å². The Morgan fingerprint density at radius 3 is 2.78 bits per heavy atom. The Morgan fingerprint density at radius 2 is 2.17 bits per heavy atom. The number of amides is 1. The molecule has 23 heavy (non-hydrogen) atoms. The van der Waals surface area contributed by atoms with Crippen molar-refractivity contribution in [2.45, 2.75) is 46.1 Å². The first-order chi connectivity index (χ1) is 10.5. The second-order valence-electron chi connectivity index (χ2n) is 6.59. The molecule has 1 heterocycles. The van der Waals surface area contributed by atoms with Gasteiger partial charge in [0.2, 0.25) is 5.91 Å². The lowest BCUT2D eigenvalue weighted by molar-refractivity contribution is -0.123. The number of carbonyl (C=O) groups is 1. The van der Waals surface area contributed by atoms with Crippen LogP contribution in [-0.4, -0.2) is 19.0 Å². The molecular formula is C18H28ClFN2O. The molecule has 1 aliphatic heterocycles. The van der Waals surface area contributed by atoms with Crippen molar-refractivity contribution in [1.82, 2.24) is 10.6 Å². The van der Waals surface area contributed by atoms with Crippen molar-refractivity contribution in [2.75, 3.05) is 13.1 Å². The molecule has 0 aromatic heterocycles. The fourth-order valence-corrected chi connectivity index (χ4v) is 3.09. The van der Waals surface area contributed by atoms with Crippen LogP contribution in [0.1, 0.15) is 50.3 Å². The average molecular weight is 343 g/mol. The van der Waals surface area contributed by atoms with Crippen LogP contribution in [0.15, 0.2) is 18.2 Å². The molecule has 3 atom stereocenters. The quantitative estimate of drug-likeness (QED) is 0.855. The van der Waals surface area contributed by atoms with Gasteiger partial charge in [-0.25, -0.2) is 4.39 Å². The second-order valence-corrected chi connectivity index (χ2v) is 6.59. The number of benzene rings is 1. The Morgan fingerprint density at radius 1 is 1.43 bits per heavy atom. The average Bonchev–Trinajstić information content (AvgIpc) is 2.50. The van der Waals surface area contributed by atoms with Gasteiger partial charge >= 0.3 is 0 Å². The minimum Gasteiger partial charge on any atom is -0.350 e. The molecule has 1 aromatic rings. The number of carbonyl (C=O) groups excluding carboxylic acids is 1. The lowest BCUT2D eigenvalue weighted by Crippen LogP contribution is -2.36. The zero-order chi connectivity index (χ0) is 16.1. The van der Waals surface area contributed by atoms with Crippen molar-refractivity contribution >= 4 is 18.3 Å². The summed E-state index contributed by atoms with van der Waals surface area (Å²) in [7, 11) is 0. The largest absolute Gasteiger partial charge is 0.350 e. The summed E-state index contributed by atoms with van der Waals surface area (Å²) in [5, 5.41) is 6.38. The minimum absolute atomic E-state index is 0. The first-order valence-corrected chi connectivity index (χ1v) is 8.23. The van der Waals surface area contributed by atoms with Crippen molar-refractivity contribution < 1.29 is 9.18 Å². The molecule has 1 saturated heterocycles. The molecule has 1 fully saturated rings. The van der Waals surface area contributed by atoms with Crippen molar-refractivity contribution in [3.05, 3.63) is 35.1 Å². The third kappa shape index (κ3) is 5.78. The van der Waals surface area contributed by atoms with E-state index in [2.05, 4.69) is 17.6 Å². The number of piperidine rings is 1. The fraction of sp³-hybridized carbons (Fsp3) is 0.611. The molecule has 0 radical (unpaired) electrons. The zero-order valence-electron chi connectivity index (χ0n) is 14.2. The summed E-state index contributed by atoms with van der Waals surface area (Å²) < 4.78 is 13.6. The molecule has 3 unspecified atom stereocenters. The van der Waals surface area contributed by atoms with Gasteiger partial charge in [-0.1, -0.05) is 19.1 Å². The van der Waals surface area contributed by atoms with Crippen LogP contribution in [0.3, 0.4) is 0 Å². The maximum absolute atomic E-state index is 13.6. The Bertz CT molecular complexity index is 518. The number of rotatable bonds is 5. The molecule has 1 aliphatic rings. The third-order valence-corrected chi connectivity index (χ3v) is 4.72. The van der Waals surface area contributed by atoms with Crippen molar-refractivity contribution in [3.63, 3.8) is 0 Å². The van der Waals surface area contributed by atoms with E-state index in [1.807, 2.05) is 13.0 Å². The van der Waals surface area contributed by atoms with Gasteiger partial charge in [0.1, 0.15) is 5.82 Å². The molecule has 0 aliphatic carbocycles. The molecule has 0 saturated carbocycles. The van der Waals surface area contributed by atoms with Gasteiger partial charge in [-0.2, -0.15) is 0 Å². The van der Waals surface area contributed by atoms with Gasteiger partial charge in [0, 0.05) is 6.42 Å². The number of hydrogen-bond donors (Lipinski definition) is 2. The summed E-state index contributed by atoms with van der Waals surface area (Å²) in [6, 6.07) is 4.97.